The minimum Gasteiger partial charge on any atom is -0.392 e. The maximum atomic E-state index is 13.0. The van der Waals surface area contributed by atoms with Crippen LogP contribution in [-0.4, -0.2) is 21.2 Å². The molecule has 0 atom stereocenters. The van der Waals surface area contributed by atoms with Gasteiger partial charge in [0, 0.05) is 31.2 Å². The van der Waals surface area contributed by atoms with Crippen LogP contribution in [0.2, 0.25) is 0 Å². The molecule has 0 bridgehead atoms. The quantitative estimate of drug-likeness (QED) is 0.925. The fourth-order valence-electron chi connectivity index (χ4n) is 2.56. The number of nitrogens with zero attached hydrogens (tertiary/aromatic N) is 3. The number of hydrogen-bond donors (Lipinski definition) is 1. The first-order valence-corrected chi connectivity index (χ1v) is 6.55. The topological polar surface area (TPSA) is 41.3 Å². The Balaban J connectivity index is 1.93. The monoisotopic (exact) mass is 297 g/mol. The molecule has 1 N–H and O–H groups in total. The van der Waals surface area contributed by atoms with Gasteiger partial charge in [0.15, 0.2) is 0 Å². The number of aliphatic hydroxyl groups is 1. The van der Waals surface area contributed by atoms with Gasteiger partial charge < -0.3 is 14.6 Å². The smallest absolute Gasteiger partial charge is 0.392 e. The number of alkyl halides is 3. The zero-order valence-electron chi connectivity index (χ0n) is 11.1. The van der Waals surface area contributed by atoms with Crippen molar-refractivity contribution in [3.05, 3.63) is 47.5 Å². The molecule has 7 heteroatoms. The van der Waals surface area contributed by atoms with Crippen molar-refractivity contribution < 1.29 is 18.3 Å². The molecule has 2 heterocycles. The minimum atomic E-state index is -4.47. The SMILES string of the molecule is OCc1ccc(N2CCn3ccnc3C2)cc1C(F)(F)F. The summed E-state index contributed by atoms with van der Waals surface area (Å²) in [5.41, 5.74) is -0.394. The molecule has 0 spiro atoms. The summed E-state index contributed by atoms with van der Waals surface area (Å²) in [6.45, 7) is 1.17. The van der Waals surface area contributed by atoms with Gasteiger partial charge in [0.1, 0.15) is 5.82 Å². The largest absolute Gasteiger partial charge is 0.416 e. The van der Waals surface area contributed by atoms with Crippen molar-refractivity contribution in [3.8, 4) is 0 Å². The molecule has 0 unspecified atom stereocenters. The van der Waals surface area contributed by atoms with E-state index in [9.17, 15) is 13.2 Å². The lowest BCUT2D eigenvalue weighted by atomic mass is 10.1. The zero-order valence-corrected chi connectivity index (χ0v) is 11.1. The highest BCUT2D eigenvalue weighted by Gasteiger charge is 2.34. The molecule has 112 valence electrons. The summed E-state index contributed by atoms with van der Waals surface area (Å²) < 4.78 is 41.1. The highest BCUT2D eigenvalue weighted by Crippen LogP contribution is 2.35. The van der Waals surface area contributed by atoms with Crippen molar-refractivity contribution in [2.24, 2.45) is 0 Å². The Hall–Kier alpha value is -2.02. The third kappa shape index (κ3) is 2.61. The lowest BCUT2D eigenvalue weighted by Gasteiger charge is -2.30. The second kappa shape index (κ2) is 5.07. The van der Waals surface area contributed by atoms with Crippen LogP contribution in [0.1, 0.15) is 17.0 Å². The van der Waals surface area contributed by atoms with E-state index in [1.165, 1.54) is 6.07 Å². The summed E-state index contributed by atoms with van der Waals surface area (Å²) in [6.07, 6.45) is -0.917. The van der Waals surface area contributed by atoms with Gasteiger partial charge in [-0.15, -0.1) is 0 Å². The van der Waals surface area contributed by atoms with Gasteiger partial charge in [0.05, 0.1) is 18.7 Å². The number of hydrogen-bond acceptors (Lipinski definition) is 3. The molecule has 0 fully saturated rings. The number of fused-ring (bicyclic) bond motifs is 1. The number of benzene rings is 1. The predicted molar refractivity (Wildman–Crippen MR) is 70.6 cm³/mol. The van der Waals surface area contributed by atoms with Gasteiger partial charge in [-0.25, -0.2) is 4.98 Å². The first kappa shape index (κ1) is 13.9. The molecule has 1 aromatic carbocycles. The highest BCUT2D eigenvalue weighted by molar-refractivity contribution is 5.52. The van der Waals surface area contributed by atoms with E-state index in [-0.39, 0.29) is 5.56 Å². The molecule has 3 rings (SSSR count). The van der Waals surface area contributed by atoms with Crippen molar-refractivity contribution in [1.82, 2.24) is 9.55 Å². The summed E-state index contributed by atoms with van der Waals surface area (Å²) in [5.74, 6) is 0.834. The Morgan fingerprint density at radius 3 is 2.76 bits per heavy atom. The lowest BCUT2D eigenvalue weighted by Crippen LogP contribution is -2.33. The van der Waals surface area contributed by atoms with Gasteiger partial charge in [0.25, 0.3) is 0 Å². The second-order valence-corrected chi connectivity index (χ2v) is 4.96. The van der Waals surface area contributed by atoms with Crippen LogP contribution < -0.4 is 4.90 Å². The van der Waals surface area contributed by atoms with Crippen LogP contribution >= 0.6 is 0 Å². The fraction of sp³-hybridized carbons (Fsp3) is 0.357. The number of aliphatic hydroxyl groups excluding tert-OH is 1. The average Bonchev–Trinajstić information content (AvgIpc) is 2.93. The van der Waals surface area contributed by atoms with Crippen LogP contribution in [0.25, 0.3) is 0 Å². The van der Waals surface area contributed by atoms with Crippen LogP contribution in [0, 0.1) is 0 Å². The van der Waals surface area contributed by atoms with E-state index in [4.69, 9.17) is 5.11 Å². The third-order valence-corrected chi connectivity index (χ3v) is 3.68. The molecular weight excluding hydrogens is 283 g/mol. The van der Waals surface area contributed by atoms with Gasteiger partial charge in [-0.1, -0.05) is 6.07 Å². The number of anilines is 1. The Morgan fingerprint density at radius 2 is 2.05 bits per heavy atom. The van der Waals surface area contributed by atoms with Crippen molar-refractivity contribution in [3.63, 3.8) is 0 Å². The molecule has 0 saturated carbocycles. The Bertz CT molecular complexity index is 651. The molecule has 1 aromatic heterocycles. The molecule has 0 saturated heterocycles. The van der Waals surface area contributed by atoms with Crippen molar-refractivity contribution in [2.45, 2.75) is 25.9 Å². The third-order valence-electron chi connectivity index (χ3n) is 3.68. The Morgan fingerprint density at radius 1 is 1.24 bits per heavy atom. The maximum Gasteiger partial charge on any atom is 0.416 e. The maximum absolute atomic E-state index is 13.0. The van der Waals surface area contributed by atoms with E-state index in [0.29, 0.717) is 25.3 Å². The van der Waals surface area contributed by atoms with E-state index in [2.05, 4.69) is 4.98 Å². The molecule has 2 aromatic rings. The molecule has 0 radical (unpaired) electrons. The number of aromatic nitrogens is 2. The summed E-state index contributed by atoms with van der Waals surface area (Å²) in [6, 6.07) is 4.04. The van der Waals surface area contributed by atoms with Crippen molar-refractivity contribution in [1.29, 1.82) is 0 Å². The van der Waals surface area contributed by atoms with E-state index >= 15 is 0 Å². The summed E-state index contributed by atoms with van der Waals surface area (Å²) in [5, 5.41) is 9.06. The van der Waals surface area contributed by atoms with Gasteiger partial charge in [-0.3, -0.25) is 0 Å². The minimum absolute atomic E-state index is 0.107. The van der Waals surface area contributed by atoms with E-state index in [0.717, 1.165) is 11.9 Å². The summed E-state index contributed by atoms with van der Waals surface area (Å²) in [4.78, 5) is 6.06. The zero-order chi connectivity index (χ0) is 15.0. The molecule has 21 heavy (non-hydrogen) atoms. The normalized spacial score (nSPS) is 15.1. The van der Waals surface area contributed by atoms with Crippen molar-refractivity contribution >= 4 is 5.69 Å². The van der Waals surface area contributed by atoms with Crippen LogP contribution in [0.5, 0.6) is 0 Å². The number of imidazole rings is 1. The van der Waals surface area contributed by atoms with Gasteiger partial charge in [0.2, 0.25) is 0 Å². The van der Waals surface area contributed by atoms with Crippen LogP contribution in [0.3, 0.4) is 0 Å². The summed E-state index contributed by atoms with van der Waals surface area (Å²) >= 11 is 0. The van der Waals surface area contributed by atoms with Crippen LogP contribution in [0.4, 0.5) is 18.9 Å². The lowest BCUT2D eigenvalue weighted by molar-refractivity contribution is -0.138. The Kier molecular flexibility index (Phi) is 3.36. The first-order chi connectivity index (χ1) is 9.99. The number of halogens is 3. The standard InChI is InChI=1S/C14H14F3N3O/c15-14(16,17)12-7-11(2-1-10(12)9-21)20-6-5-19-4-3-18-13(19)8-20/h1-4,7,21H,5-6,8-9H2. The molecule has 1 aliphatic rings. The predicted octanol–water partition coefficient (Wildman–Crippen LogP) is 2.41. The average molecular weight is 297 g/mol. The molecule has 4 nitrogen and oxygen atoms in total. The van der Waals surface area contributed by atoms with Crippen LogP contribution in [0.15, 0.2) is 30.6 Å². The first-order valence-electron chi connectivity index (χ1n) is 6.55. The van der Waals surface area contributed by atoms with E-state index < -0.39 is 18.3 Å². The molecule has 0 aliphatic carbocycles. The summed E-state index contributed by atoms with van der Waals surface area (Å²) in [7, 11) is 0. The van der Waals surface area contributed by atoms with E-state index in [1.807, 2.05) is 15.7 Å². The van der Waals surface area contributed by atoms with Gasteiger partial charge in [-0.2, -0.15) is 13.2 Å². The Labute approximate surface area is 119 Å². The molecular formula is C14H14F3N3O. The molecule has 0 amide bonds. The second-order valence-electron chi connectivity index (χ2n) is 4.96. The van der Waals surface area contributed by atoms with Crippen LogP contribution in [-0.2, 0) is 25.9 Å². The highest BCUT2D eigenvalue weighted by atomic mass is 19.4. The fourth-order valence-corrected chi connectivity index (χ4v) is 2.56. The van der Waals surface area contributed by atoms with Gasteiger partial charge in [-0.05, 0) is 17.7 Å². The van der Waals surface area contributed by atoms with E-state index in [1.54, 1.807) is 12.3 Å². The van der Waals surface area contributed by atoms with Crippen molar-refractivity contribution in [2.75, 3.05) is 11.4 Å². The van der Waals surface area contributed by atoms with Gasteiger partial charge >= 0.3 is 6.18 Å². The molecule has 1 aliphatic heterocycles. The number of rotatable bonds is 2.